The third-order valence-corrected chi connectivity index (χ3v) is 14.9. The van der Waals surface area contributed by atoms with Crippen molar-refractivity contribution >= 4 is 34.7 Å². The fourth-order valence-corrected chi connectivity index (χ4v) is 12.9. The summed E-state index contributed by atoms with van der Waals surface area (Å²) in [6.07, 6.45) is 39.9. The largest absolute Gasteiger partial charge is 0.361 e. The maximum absolute atomic E-state index is 3.50. The number of H-pyrrole nitrogens is 1. The number of benzene rings is 2. The zero-order chi connectivity index (χ0) is 33.5. The second-order valence-electron chi connectivity index (χ2n) is 14.9. The molecule has 5 atom stereocenters. The summed E-state index contributed by atoms with van der Waals surface area (Å²) in [6, 6.07) is 21.9. The molecule has 51 heavy (non-hydrogen) atoms. The predicted molar refractivity (Wildman–Crippen MR) is 214 cm³/mol. The highest BCUT2D eigenvalue weighted by molar-refractivity contribution is 8.03. The number of aromatic amines is 1. The molecule has 0 radical (unpaired) electrons. The molecular weight excluding hydrogens is 657 g/mol. The molecule has 8 aliphatic rings. The van der Waals surface area contributed by atoms with Crippen LogP contribution >= 0.6 is 23.5 Å². The molecule has 3 aliphatic heterocycles. The molecule has 11 rings (SSSR count). The van der Waals surface area contributed by atoms with Crippen molar-refractivity contribution in [2.75, 3.05) is 0 Å². The van der Waals surface area contributed by atoms with Crippen molar-refractivity contribution in [1.82, 2.24) is 9.88 Å². The van der Waals surface area contributed by atoms with E-state index >= 15 is 0 Å². The second-order valence-corrected chi connectivity index (χ2v) is 17.2. The number of nitrogens with zero attached hydrogens (tertiary/aromatic N) is 1. The van der Waals surface area contributed by atoms with E-state index in [2.05, 4.69) is 161 Å². The molecule has 0 saturated heterocycles. The predicted octanol–water partition coefficient (Wildman–Crippen LogP) is 11.6. The zero-order valence-electron chi connectivity index (χ0n) is 28.6. The molecule has 4 heterocycles. The molecule has 1 spiro atoms. The van der Waals surface area contributed by atoms with E-state index in [4.69, 9.17) is 0 Å². The third-order valence-electron chi connectivity index (χ3n) is 12.4. The van der Waals surface area contributed by atoms with Gasteiger partial charge in [-0.2, -0.15) is 0 Å². The minimum atomic E-state index is -0.285. The average molecular weight is 697 g/mol. The Hall–Kier alpha value is -4.38. The molecule has 0 bridgehead atoms. The van der Waals surface area contributed by atoms with Crippen LogP contribution in [0.4, 0.5) is 0 Å². The first kappa shape index (κ1) is 30.3. The average Bonchev–Trinajstić information content (AvgIpc) is 3.85. The van der Waals surface area contributed by atoms with Crippen LogP contribution in [0.5, 0.6) is 0 Å². The maximum Gasteiger partial charge on any atom is 0.0671 e. The lowest BCUT2D eigenvalue weighted by molar-refractivity contribution is 0.257. The van der Waals surface area contributed by atoms with Crippen molar-refractivity contribution in [1.29, 1.82) is 0 Å². The van der Waals surface area contributed by atoms with Crippen LogP contribution in [0.3, 0.4) is 0 Å². The minimum absolute atomic E-state index is 0.285. The van der Waals surface area contributed by atoms with Gasteiger partial charge in [0.1, 0.15) is 0 Å². The van der Waals surface area contributed by atoms with E-state index < -0.39 is 0 Å². The second kappa shape index (κ2) is 11.8. The SMILES string of the molecule is C1=CCC2Sc3ccc(C4=CC5C(C=C4)C4=C(C=CCC4)N5C4C=CC=CC4)cc3C3(C2=C1)C1=C(C=C(c2ccc[nH]2)CC1)Sc1ccccc13. The molecule has 2 aromatic carbocycles. The van der Waals surface area contributed by atoms with Gasteiger partial charge in [-0.15, -0.1) is 11.8 Å². The lowest BCUT2D eigenvalue weighted by Crippen LogP contribution is -2.43. The summed E-state index contributed by atoms with van der Waals surface area (Å²) in [5, 5.41) is 0.427. The Morgan fingerprint density at radius 1 is 0.824 bits per heavy atom. The fourth-order valence-electron chi connectivity index (χ4n) is 10.2. The number of nitrogens with one attached hydrogen (secondary N) is 1. The summed E-state index contributed by atoms with van der Waals surface area (Å²) < 4.78 is 0. The Labute approximate surface area is 309 Å². The summed E-state index contributed by atoms with van der Waals surface area (Å²) in [5.41, 5.74) is 14.2. The molecular formula is C47H40N2S2. The van der Waals surface area contributed by atoms with E-state index in [9.17, 15) is 0 Å². The number of allylic oxidation sites excluding steroid dienone is 12. The quantitative estimate of drug-likeness (QED) is 0.294. The summed E-state index contributed by atoms with van der Waals surface area (Å²) >= 11 is 4.06. The molecule has 0 fully saturated rings. The van der Waals surface area contributed by atoms with Crippen LogP contribution in [0.25, 0.3) is 11.1 Å². The van der Waals surface area contributed by atoms with Gasteiger partial charge in [0.05, 0.1) is 17.5 Å². The lowest BCUT2D eigenvalue weighted by atomic mass is 9.60. The standard InChI is InChI=1S/C47H40N2S2/c1-2-11-33(12-3-1)49-41-17-7-4-13-34(41)35-23-20-31(28-42(35)49)30-22-25-45-39(27-30)47(36-14-5-8-18-43(36)50-45)37-15-6-9-19-44(37)51-46-29-32(21-24-38(46)47)40-16-10-26-48-40/h1-3,5-11,14-17,19-20,22-23,25-29,33,35,42-43,48H,4,12-13,18,21,24H2. The van der Waals surface area contributed by atoms with E-state index in [1.165, 1.54) is 60.3 Å². The summed E-state index contributed by atoms with van der Waals surface area (Å²) in [5.74, 6) is 0.449. The van der Waals surface area contributed by atoms with Crippen LogP contribution in [0, 0.1) is 5.92 Å². The van der Waals surface area contributed by atoms with E-state index in [0.717, 1.165) is 32.1 Å². The summed E-state index contributed by atoms with van der Waals surface area (Å²) in [4.78, 5) is 10.5. The van der Waals surface area contributed by atoms with E-state index in [0.29, 0.717) is 23.3 Å². The van der Waals surface area contributed by atoms with E-state index in [1.807, 2.05) is 11.8 Å². The molecule has 250 valence electrons. The molecule has 4 heteroatoms. The molecule has 0 amide bonds. The first-order valence-electron chi connectivity index (χ1n) is 18.7. The van der Waals surface area contributed by atoms with Crippen molar-refractivity contribution in [3.8, 4) is 0 Å². The van der Waals surface area contributed by atoms with Crippen LogP contribution in [0.2, 0.25) is 0 Å². The van der Waals surface area contributed by atoms with Gasteiger partial charge in [0, 0.05) is 43.5 Å². The van der Waals surface area contributed by atoms with Gasteiger partial charge in [0.15, 0.2) is 0 Å². The highest BCUT2D eigenvalue weighted by Crippen LogP contribution is 2.65. The van der Waals surface area contributed by atoms with E-state index in [1.54, 1.807) is 16.7 Å². The topological polar surface area (TPSA) is 19.0 Å². The number of thioether (sulfide) groups is 2. The number of aromatic nitrogens is 1. The molecule has 5 unspecified atom stereocenters. The van der Waals surface area contributed by atoms with Crippen molar-refractivity contribution in [3.05, 3.63) is 189 Å². The highest BCUT2D eigenvalue weighted by Gasteiger charge is 2.53. The number of hydrogen-bond acceptors (Lipinski definition) is 3. The monoisotopic (exact) mass is 696 g/mol. The van der Waals surface area contributed by atoms with Crippen molar-refractivity contribution in [2.45, 2.75) is 71.1 Å². The van der Waals surface area contributed by atoms with Gasteiger partial charge in [-0.05, 0) is 126 Å². The van der Waals surface area contributed by atoms with Gasteiger partial charge in [0.25, 0.3) is 0 Å². The zero-order valence-corrected chi connectivity index (χ0v) is 30.2. The van der Waals surface area contributed by atoms with Gasteiger partial charge in [-0.3, -0.25) is 0 Å². The van der Waals surface area contributed by atoms with Gasteiger partial charge in [0.2, 0.25) is 0 Å². The Bertz CT molecular complexity index is 2300. The van der Waals surface area contributed by atoms with Crippen molar-refractivity contribution in [3.63, 3.8) is 0 Å². The summed E-state index contributed by atoms with van der Waals surface area (Å²) in [7, 11) is 0. The molecule has 2 nitrogen and oxygen atoms in total. The normalized spacial score (nSPS) is 29.6. The molecule has 1 N–H and O–H groups in total. The van der Waals surface area contributed by atoms with Gasteiger partial charge >= 0.3 is 0 Å². The van der Waals surface area contributed by atoms with Gasteiger partial charge in [-0.25, -0.2) is 0 Å². The highest BCUT2D eigenvalue weighted by atomic mass is 32.2. The van der Waals surface area contributed by atoms with Gasteiger partial charge < -0.3 is 9.88 Å². The molecule has 3 aromatic rings. The fraction of sp³-hybridized carbons (Fsp3) is 0.234. The van der Waals surface area contributed by atoms with Crippen molar-refractivity contribution < 1.29 is 0 Å². The van der Waals surface area contributed by atoms with Gasteiger partial charge in [-0.1, -0.05) is 103 Å². The summed E-state index contributed by atoms with van der Waals surface area (Å²) in [6.45, 7) is 0. The van der Waals surface area contributed by atoms with Crippen LogP contribution < -0.4 is 0 Å². The molecule has 5 aliphatic carbocycles. The van der Waals surface area contributed by atoms with Crippen LogP contribution in [-0.2, 0) is 5.41 Å². The first-order chi connectivity index (χ1) is 25.3. The molecule has 1 aromatic heterocycles. The van der Waals surface area contributed by atoms with Crippen LogP contribution in [-0.4, -0.2) is 27.2 Å². The number of fused-ring (bicyclic) bond motifs is 9. The molecule has 0 saturated carbocycles. The van der Waals surface area contributed by atoms with Crippen molar-refractivity contribution in [2.24, 2.45) is 5.92 Å². The van der Waals surface area contributed by atoms with Crippen LogP contribution in [0.15, 0.2) is 177 Å². The maximum atomic E-state index is 3.50. The Balaban J connectivity index is 1.09. The first-order valence-corrected chi connectivity index (χ1v) is 20.4. The number of hydrogen-bond donors (Lipinski definition) is 1. The van der Waals surface area contributed by atoms with Crippen LogP contribution in [0.1, 0.15) is 60.9 Å². The minimum Gasteiger partial charge on any atom is -0.361 e. The smallest absolute Gasteiger partial charge is 0.0671 e. The lowest BCUT2D eigenvalue weighted by Gasteiger charge is -2.51. The third kappa shape index (κ3) is 4.52. The Kier molecular flexibility index (Phi) is 7.02. The number of rotatable bonds is 3. The van der Waals surface area contributed by atoms with E-state index in [-0.39, 0.29) is 5.41 Å². The Morgan fingerprint density at radius 2 is 1.78 bits per heavy atom. The Morgan fingerprint density at radius 3 is 2.71 bits per heavy atom.